The number of hydrogen-bond donors (Lipinski definition) is 0. The third kappa shape index (κ3) is 2.59. The second-order valence-corrected chi connectivity index (χ2v) is 7.78. The molecule has 100 valence electrons. The lowest BCUT2D eigenvalue weighted by molar-refractivity contribution is 0.187. The Morgan fingerprint density at radius 1 is 1.22 bits per heavy atom. The molecule has 4 heteroatoms. The maximum atomic E-state index is 12.6. The van der Waals surface area contributed by atoms with Crippen molar-refractivity contribution in [3.05, 3.63) is 29.8 Å². The molecule has 18 heavy (non-hydrogen) atoms. The molecule has 0 aromatic heterocycles. The average Bonchev–Trinajstić information content (AvgIpc) is 2.28. The molecule has 1 aromatic rings. The lowest BCUT2D eigenvalue weighted by Gasteiger charge is -2.37. The lowest BCUT2D eigenvalue weighted by atomic mass is 9.85. The zero-order valence-corrected chi connectivity index (χ0v) is 12.1. The van der Waals surface area contributed by atoms with Gasteiger partial charge in [0.15, 0.2) is 0 Å². The average molecular weight is 267 g/mol. The standard InChI is InChI=1S/C14H21NO2S/c1-12-7-4-5-8-13(12)18(16,17)15-10-6-9-14(2,3)11-15/h4-5,7-8H,6,9-11H2,1-3H3. The van der Waals surface area contributed by atoms with Crippen LogP contribution in [-0.2, 0) is 10.0 Å². The molecule has 1 fully saturated rings. The molecule has 0 spiro atoms. The monoisotopic (exact) mass is 267 g/mol. The van der Waals surface area contributed by atoms with E-state index in [4.69, 9.17) is 0 Å². The van der Waals surface area contributed by atoms with Crippen LogP contribution >= 0.6 is 0 Å². The third-order valence-electron chi connectivity index (χ3n) is 3.58. The van der Waals surface area contributed by atoms with E-state index in [9.17, 15) is 8.42 Å². The fraction of sp³-hybridized carbons (Fsp3) is 0.571. The summed E-state index contributed by atoms with van der Waals surface area (Å²) in [6, 6.07) is 7.21. The van der Waals surface area contributed by atoms with Gasteiger partial charge in [-0.15, -0.1) is 0 Å². The summed E-state index contributed by atoms with van der Waals surface area (Å²) in [5, 5.41) is 0. The number of piperidine rings is 1. The molecular weight excluding hydrogens is 246 g/mol. The first-order chi connectivity index (χ1) is 8.33. The van der Waals surface area contributed by atoms with Crippen molar-refractivity contribution in [2.45, 2.75) is 38.5 Å². The topological polar surface area (TPSA) is 37.4 Å². The van der Waals surface area contributed by atoms with Gasteiger partial charge in [0.25, 0.3) is 0 Å². The SMILES string of the molecule is Cc1ccccc1S(=O)(=O)N1CCCC(C)(C)C1. The second kappa shape index (κ2) is 4.67. The van der Waals surface area contributed by atoms with E-state index >= 15 is 0 Å². The molecule has 1 saturated heterocycles. The largest absolute Gasteiger partial charge is 0.243 e. The quantitative estimate of drug-likeness (QED) is 0.826. The highest BCUT2D eigenvalue weighted by Crippen LogP contribution is 2.32. The van der Waals surface area contributed by atoms with Crippen LogP contribution in [0.1, 0.15) is 32.3 Å². The zero-order valence-electron chi connectivity index (χ0n) is 11.3. The Labute approximate surface area is 110 Å². The summed E-state index contributed by atoms with van der Waals surface area (Å²) >= 11 is 0. The van der Waals surface area contributed by atoms with E-state index in [1.54, 1.807) is 16.4 Å². The minimum absolute atomic E-state index is 0.0774. The molecule has 0 atom stereocenters. The van der Waals surface area contributed by atoms with Gasteiger partial charge in [-0.3, -0.25) is 0 Å². The lowest BCUT2D eigenvalue weighted by Crippen LogP contribution is -2.43. The van der Waals surface area contributed by atoms with Crippen LogP contribution in [0.25, 0.3) is 0 Å². The maximum Gasteiger partial charge on any atom is 0.243 e. The van der Waals surface area contributed by atoms with Crippen LogP contribution in [0.3, 0.4) is 0 Å². The fourth-order valence-electron chi connectivity index (χ4n) is 2.56. The Hall–Kier alpha value is -0.870. The van der Waals surface area contributed by atoms with Gasteiger partial charge in [-0.05, 0) is 36.8 Å². The van der Waals surface area contributed by atoms with Crippen molar-refractivity contribution in [3.63, 3.8) is 0 Å². The van der Waals surface area contributed by atoms with Gasteiger partial charge >= 0.3 is 0 Å². The van der Waals surface area contributed by atoms with Gasteiger partial charge in [0.2, 0.25) is 10.0 Å². The van der Waals surface area contributed by atoms with E-state index in [2.05, 4.69) is 13.8 Å². The number of rotatable bonds is 2. The predicted molar refractivity (Wildman–Crippen MR) is 73.0 cm³/mol. The molecule has 3 nitrogen and oxygen atoms in total. The minimum atomic E-state index is -3.33. The van der Waals surface area contributed by atoms with Crippen LogP contribution in [0.2, 0.25) is 0 Å². The molecule has 2 rings (SSSR count). The summed E-state index contributed by atoms with van der Waals surface area (Å²) in [4.78, 5) is 0.447. The van der Waals surface area contributed by atoms with Crippen LogP contribution in [0.5, 0.6) is 0 Å². The fourth-order valence-corrected chi connectivity index (χ4v) is 4.45. The smallest absolute Gasteiger partial charge is 0.207 e. The number of nitrogens with zero attached hydrogens (tertiary/aromatic N) is 1. The van der Waals surface area contributed by atoms with E-state index in [-0.39, 0.29) is 5.41 Å². The van der Waals surface area contributed by atoms with Crippen LogP contribution < -0.4 is 0 Å². The summed E-state index contributed by atoms with van der Waals surface area (Å²) in [5.74, 6) is 0. The first-order valence-corrected chi connectivity index (χ1v) is 7.83. The van der Waals surface area contributed by atoms with E-state index < -0.39 is 10.0 Å². The van der Waals surface area contributed by atoms with Crippen molar-refractivity contribution in [1.29, 1.82) is 0 Å². The van der Waals surface area contributed by atoms with Gasteiger partial charge in [-0.1, -0.05) is 32.0 Å². The molecular formula is C14H21NO2S. The van der Waals surface area contributed by atoms with Crippen molar-refractivity contribution in [2.75, 3.05) is 13.1 Å². The number of hydrogen-bond acceptors (Lipinski definition) is 2. The number of sulfonamides is 1. The van der Waals surface area contributed by atoms with Gasteiger partial charge in [-0.25, -0.2) is 8.42 Å². The molecule has 0 saturated carbocycles. The highest BCUT2D eigenvalue weighted by Gasteiger charge is 2.34. The zero-order chi connectivity index (χ0) is 13.4. The summed E-state index contributed by atoms with van der Waals surface area (Å²) in [7, 11) is -3.33. The van der Waals surface area contributed by atoms with Gasteiger partial charge in [0.05, 0.1) is 4.90 Å². The van der Waals surface area contributed by atoms with E-state index in [0.29, 0.717) is 18.0 Å². The van der Waals surface area contributed by atoms with Gasteiger partial charge in [0, 0.05) is 13.1 Å². The highest BCUT2D eigenvalue weighted by molar-refractivity contribution is 7.89. The molecule has 0 N–H and O–H groups in total. The van der Waals surface area contributed by atoms with Crippen LogP contribution in [0.4, 0.5) is 0 Å². The molecule has 1 aliphatic heterocycles. The normalized spacial score (nSPS) is 20.8. The summed E-state index contributed by atoms with van der Waals surface area (Å²) in [6.07, 6.45) is 2.03. The van der Waals surface area contributed by atoms with Crippen molar-refractivity contribution in [3.8, 4) is 0 Å². The molecule has 0 bridgehead atoms. The van der Waals surface area contributed by atoms with Gasteiger partial charge < -0.3 is 0 Å². The molecule has 0 amide bonds. The Kier molecular flexibility index (Phi) is 3.52. The van der Waals surface area contributed by atoms with Crippen molar-refractivity contribution < 1.29 is 8.42 Å². The molecule has 0 radical (unpaired) electrons. The first-order valence-electron chi connectivity index (χ1n) is 6.39. The predicted octanol–water partition coefficient (Wildman–Crippen LogP) is 2.81. The van der Waals surface area contributed by atoms with Crippen LogP contribution in [0.15, 0.2) is 29.2 Å². The summed E-state index contributed by atoms with van der Waals surface area (Å²) in [5.41, 5.74) is 0.898. The van der Waals surface area contributed by atoms with E-state index in [1.807, 2.05) is 19.1 Å². The van der Waals surface area contributed by atoms with Crippen LogP contribution in [0, 0.1) is 12.3 Å². The Morgan fingerprint density at radius 3 is 2.50 bits per heavy atom. The van der Waals surface area contributed by atoms with Crippen molar-refractivity contribution in [1.82, 2.24) is 4.31 Å². The second-order valence-electron chi connectivity index (χ2n) is 5.87. The Morgan fingerprint density at radius 2 is 1.89 bits per heavy atom. The molecule has 0 aliphatic carbocycles. The molecule has 0 unspecified atom stereocenters. The number of aryl methyl sites for hydroxylation is 1. The van der Waals surface area contributed by atoms with E-state index in [1.165, 1.54) is 0 Å². The maximum absolute atomic E-state index is 12.6. The Bertz CT molecular complexity index is 534. The first kappa shape index (κ1) is 13.6. The van der Waals surface area contributed by atoms with Gasteiger partial charge in [-0.2, -0.15) is 4.31 Å². The number of benzene rings is 1. The Balaban J connectivity index is 2.35. The molecule has 1 aromatic carbocycles. The van der Waals surface area contributed by atoms with Gasteiger partial charge in [0.1, 0.15) is 0 Å². The highest BCUT2D eigenvalue weighted by atomic mass is 32.2. The summed E-state index contributed by atoms with van der Waals surface area (Å²) in [6.45, 7) is 7.37. The molecule has 1 aliphatic rings. The third-order valence-corrected chi connectivity index (χ3v) is 5.58. The van der Waals surface area contributed by atoms with Crippen molar-refractivity contribution >= 4 is 10.0 Å². The van der Waals surface area contributed by atoms with Crippen LogP contribution in [-0.4, -0.2) is 25.8 Å². The van der Waals surface area contributed by atoms with E-state index in [0.717, 1.165) is 18.4 Å². The van der Waals surface area contributed by atoms with Crippen molar-refractivity contribution in [2.24, 2.45) is 5.41 Å². The summed E-state index contributed by atoms with van der Waals surface area (Å²) < 4.78 is 26.9. The minimum Gasteiger partial charge on any atom is -0.207 e. The molecule has 1 heterocycles.